The predicted octanol–water partition coefficient (Wildman–Crippen LogP) is 2.95. The molecule has 10 nitrogen and oxygen atoms in total. The maximum absolute atomic E-state index is 12.6. The van der Waals surface area contributed by atoms with E-state index in [2.05, 4.69) is 25.2 Å². The Morgan fingerprint density at radius 2 is 1.97 bits per heavy atom. The minimum Gasteiger partial charge on any atom is -0.463 e. The average molecular weight is 508 g/mol. The molecule has 0 aliphatic carbocycles. The Balaban J connectivity index is 1.75. The number of amides is 1. The second-order valence-electron chi connectivity index (χ2n) is 6.76. The van der Waals surface area contributed by atoms with E-state index in [0.29, 0.717) is 16.3 Å². The van der Waals surface area contributed by atoms with E-state index in [9.17, 15) is 18.0 Å². The quantitative estimate of drug-likeness (QED) is 0.254. The molecule has 1 aliphatic rings. The number of hydrogen-bond acceptors (Lipinski definition) is 10. The number of thioether (sulfide) groups is 1. The van der Waals surface area contributed by atoms with Crippen molar-refractivity contribution in [2.24, 2.45) is 10.2 Å². The van der Waals surface area contributed by atoms with Crippen LogP contribution in [0.2, 0.25) is 0 Å². The van der Waals surface area contributed by atoms with Gasteiger partial charge in [0.15, 0.2) is 10.3 Å². The summed E-state index contributed by atoms with van der Waals surface area (Å²) >= 11 is 2.09. The summed E-state index contributed by atoms with van der Waals surface area (Å²) in [6, 6.07) is 6.49. The Morgan fingerprint density at radius 3 is 2.64 bits per heavy atom. The van der Waals surface area contributed by atoms with Crippen LogP contribution in [0.3, 0.4) is 0 Å². The molecule has 2 N–H and O–H groups in total. The highest BCUT2D eigenvalue weighted by atomic mass is 32.2. The van der Waals surface area contributed by atoms with E-state index in [0.717, 1.165) is 34.7 Å². The minimum absolute atomic E-state index is 0.139. The van der Waals surface area contributed by atoms with Gasteiger partial charge in [-0.15, -0.1) is 5.10 Å². The highest BCUT2D eigenvalue weighted by molar-refractivity contribution is 8.18. The lowest BCUT2D eigenvalue weighted by molar-refractivity contribution is -0.137. The van der Waals surface area contributed by atoms with Gasteiger partial charge in [0.1, 0.15) is 0 Å². The lowest BCUT2D eigenvalue weighted by atomic mass is 10.2. The molecule has 1 aromatic carbocycles. The van der Waals surface area contributed by atoms with Gasteiger partial charge in [-0.1, -0.05) is 29.0 Å². The number of carbonyl (C=O) groups excluding carboxylic acids is 2. The molecule has 3 rings (SSSR count). The molecule has 0 unspecified atom stereocenters. The molecule has 33 heavy (non-hydrogen) atoms. The fourth-order valence-electron chi connectivity index (χ4n) is 2.60. The van der Waals surface area contributed by atoms with E-state index >= 15 is 0 Å². The number of aryl methyl sites for hydroxylation is 2. The molecule has 174 valence electrons. The summed E-state index contributed by atoms with van der Waals surface area (Å²) in [5, 5.41) is 11.1. The number of nitrogens with one attached hydrogen (secondary N) is 2. The zero-order valence-electron chi connectivity index (χ0n) is 18.2. The topological polar surface area (TPSA) is 139 Å². The van der Waals surface area contributed by atoms with Gasteiger partial charge in [0, 0.05) is 6.08 Å². The smallest absolute Gasteiger partial charge is 0.332 e. The molecule has 0 atom stereocenters. The Morgan fingerprint density at radius 1 is 1.27 bits per heavy atom. The molecule has 1 aliphatic heterocycles. The van der Waals surface area contributed by atoms with Gasteiger partial charge in [0.2, 0.25) is 0 Å². The van der Waals surface area contributed by atoms with Gasteiger partial charge in [-0.2, -0.15) is 5.10 Å². The van der Waals surface area contributed by atoms with Crippen LogP contribution < -0.4 is 10.0 Å². The number of benzene rings is 1. The molecule has 1 fully saturated rings. The maximum Gasteiger partial charge on any atom is 0.332 e. The maximum atomic E-state index is 12.6. The van der Waals surface area contributed by atoms with Crippen LogP contribution in [0.1, 0.15) is 30.0 Å². The summed E-state index contributed by atoms with van der Waals surface area (Å²) in [5.74, 6) is -1.08. The zero-order valence-corrected chi connectivity index (χ0v) is 20.7. The molecule has 2 heterocycles. The Bertz CT molecular complexity index is 1280. The van der Waals surface area contributed by atoms with Gasteiger partial charge in [-0.25, -0.2) is 18.2 Å². The van der Waals surface area contributed by atoms with Crippen LogP contribution in [0.15, 0.2) is 50.3 Å². The van der Waals surface area contributed by atoms with Gasteiger partial charge in [0.25, 0.3) is 15.9 Å². The number of anilines is 1. The third-order valence-corrected chi connectivity index (χ3v) is 7.72. The molecule has 0 radical (unpaired) electrons. The number of esters is 1. The van der Waals surface area contributed by atoms with Crippen LogP contribution in [-0.4, -0.2) is 42.8 Å². The minimum atomic E-state index is -3.78. The number of sulfonamides is 1. The predicted molar refractivity (Wildman–Crippen MR) is 129 cm³/mol. The van der Waals surface area contributed by atoms with Crippen LogP contribution in [0, 0.1) is 13.8 Å². The molecule has 0 spiro atoms. The first-order chi connectivity index (χ1) is 15.6. The van der Waals surface area contributed by atoms with E-state index in [1.165, 1.54) is 12.1 Å². The third kappa shape index (κ3) is 6.27. The van der Waals surface area contributed by atoms with Gasteiger partial charge in [-0.3, -0.25) is 14.8 Å². The fraction of sp³-hybridized carbons (Fsp3) is 0.250. The van der Waals surface area contributed by atoms with Crippen molar-refractivity contribution < 1.29 is 22.7 Å². The van der Waals surface area contributed by atoms with E-state index in [4.69, 9.17) is 4.74 Å². The average Bonchev–Trinajstić information content (AvgIpc) is 3.28. The van der Waals surface area contributed by atoms with E-state index in [-0.39, 0.29) is 26.7 Å². The van der Waals surface area contributed by atoms with Gasteiger partial charge < -0.3 is 4.74 Å². The van der Waals surface area contributed by atoms with Crippen molar-refractivity contribution in [1.29, 1.82) is 0 Å². The number of rotatable bonds is 7. The summed E-state index contributed by atoms with van der Waals surface area (Å²) in [4.78, 5) is 28.7. The molecule has 2 aromatic rings. The number of aromatic nitrogens is 1. The molecule has 1 aromatic heterocycles. The van der Waals surface area contributed by atoms with Crippen molar-refractivity contribution in [1.82, 2.24) is 10.3 Å². The third-order valence-electron chi connectivity index (χ3n) is 4.16. The summed E-state index contributed by atoms with van der Waals surface area (Å²) in [6.45, 7) is 7.17. The van der Waals surface area contributed by atoms with Gasteiger partial charge in [0.05, 0.1) is 32.7 Å². The molecular weight excluding hydrogens is 486 g/mol. The van der Waals surface area contributed by atoms with E-state index in [1.807, 2.05) is 6.92 Å². The van der Waals surface area contributed by atoms with Crippen molar-refractivity contribution in [3.8, 4) is 0 Å². The molecule has 1 amide bonds. The normalized spacial score (nSPS) is 16.8. The number of nitrogens with zero attached hydrogens (tertiary/aromatic N) is 3. The fourth-order valence-corrected chi connectivity index (χ4v) is 5.47. The number of thiazole rings is 1. The molecule has 1 saturated heterocycles. The molecule has 13 heteroatoms. The molecule has 0 saturated carbocycles. The van der Waals surface area contributed by atoms with Crippen molar-refractivity contribution in [3.05, 3.63) is 51.4 Å². The summed E-state index contributed by atoms with van der Waals surface area (Å²) in [6.07, 6.45) is 1.10. The zero-order chi connectivity index (χ0) is 24.2. The standard InChI is InChI=1S/C20H21N5O5S3/c1-5-30-16(26)10-15-18(27)22-19(31-15)24-23-13(4)17-12(3)21-20(32-17)25-33(28,29)14-8-6-11(2)7-9-14/h6-10H,5H2,1-4H3,(H,21,25)(H,22,24,27)/b15-10+,23-13+. The monoisotopic (exact) mass is 507 g/mol. The van der Waals surface area contributed by atoms with Crippen LogP contribution in [0.4, 0.5) is 5.13 Å². The number of amidine groups is 1. The van der Waals surface area contributed by atoms with Crippen molar-refractivity contribution in [2.75, 3.05) is 11.3 Å². The van der Waals surface area contributed by atoms with Crippen molar-refractivity contribution in [2.45, 2.75) is 32.6 Å². The largest absolute Gasteiger partial charge is 0.463 e. The first-order valence-electron chi connectivity index (χ1n) is 9.66. The molecule has 0 bridgehead atoms. The number of carbonyl (C=O) groups is 2. The van der Waals surface area contributed by atoms with Crippen LogP contribution in [-0.2, 0) is 24.3 Å². The highest BCUT2D eigenvalue weighted by Gasteiger charge is 2.25. The second kappa shape index (κ2) is 10.3. The van der Waals surface area contributed by atoms with E-state index < -0.39 is 21.9 Å². The summed E-state index contributed by atoms with van der Waals surface area (Å²) in [7, 11) is -3.78. The van der Waals surface area contributed by atoms with Gasteiger partial charge in [-0.05, 0) is 51.6 Å². The van der Waals surface area contributed by atoms with Crippen LogP contribution in [0.5, 0.6) is 0 Å². The van der Waals surface area contributed by atoms with E-state index in [1.54, 1.807) is 32.9 Å². The summed E-state index contributed by atoms with van der Waals surface area (Å²) in [5.41, 5.74) is 2.01. The second-order valence-corrected chi connectivity index (χ2v) is 10.5. The Kier molecular flexibility index (Phi) is 7.66. The van der Waals surface area contributed by atoms with Crippen LogP contribution >= 0.6 is 23.1 Å². The van der Waals surface area contributed by atoms with Crippen LogP contribution in [0.25, 0.3) is 0 Å². The lowest BCUT2D eigenvalue weighted by Crippen LogP contribution is -2.19. The molecular formula is C20H21N5O5S3. The van der Waals surface area contributed by atoms with Gasteiger partial charge >= 0.3 is 5.97 Å². The number of hydrogen-bond donors (Lipinski definition) is 2. The first kappa shape index (κ1) is 24.6. The summed E-state index contributed by atoms with van der Waals surface area (Å²) < 4.78 is 32.5. The van der Waals surface area contributed by atoms with Crippen molar-refractivity contribution in [3.63, 3.8) is 0 Å². The number of ether oxygens (including phenoxy) is 1. The van der Waals surface area contributed by atoms with Crippen molar-refractivity contribution >= 4 is 61.0 Å². The first-order valence-corrected chi connectivity index (χ1v) is 12.8. The SMILES string of the molecule is CCOC(=O)/C=C1/S/C(=N/N=C(\C)c2sc(NS(=O)(=O)c3ccc(C)cc3)nc2C)NC1=O. The Hall–Kier alpha value is -3.03. The Labute approximate surface area is 199 Å². The highest BCUT2D eigenvalue weighted by Crippen LogP contribution is 2.27. The lowest BCUT2D eigenvalue weighted by Gasteiger charge is -2.05.